The van der Waals surface area contributed by atoms with Gasteiger partial charge in [0.05, 0.1) is 13.2 Å². The number of aliphatic hydroxyl groups is 1. The second-order valence-corrected chi connectivity index (χ2v) is 9.32. The van der Waals surface area contributed by atoms with Gasteiger partial charge in [0.15, 0.2) is 6.10 Å². The fourth-order valence-electron chi connectivity index (χ4n) is 4.07. The summed E-state index contributed by atoms with van der Waals surface area (Å²) < 4.78 is 46.1. The van der Waals surface area contributed by atoms with Crippen molar-refractivity contribution in [1.82, 2.24) is 9.55 Å². The first-order valence-corrected chi connectivity index (χ1v) is 13.1. The molecule has 1 fully saturated rings. The van der Waals surface area contributed by atoms with Gasteiger partial charge in [0.2, 0.25) is 6.23 Å². The minimum atomic E-state index is -3.89. The minimum absolute atomic E-state index is 0.00728. The Hall–Kier alpha value is -3.71. The first kappa shape index (κ1) is 30.8. The average molecular weight is 566 g/mol. The maximum Gasteiger partial charge on any atom is 0.412 e. The van der Waals surface area contributed by atoms with Crippen LogP contribution in [-0.4, -0.2) is 63.8 Å². The Morgan fingerprint density at radius 3 is 2.52 bits per heavy atom. The van der Waals surface area contributed by atoms with Crippen LogP contribution < -0.4 is 11.0 Å². The molecule has 11 nitrogen and oxygen atoms in total. The number of hydrogen-bond acceptors (Lipinski definition) is 9. The molecule has 2 N–H and O–H groups in total. The van der Waals surface area contributed by atoms with Crippen LogP contribution in [0.5, 0.6) is 0 Å². The molecular formula is C27H33F2N3O8. The predicted octanol–water partition coefficient (Wildman–Crippen LogP) is 3.40. The molecule has 0 radical (unpaired) electrons. The molecule has 3 atom stereocenters. The summed E-state index contributed by atoms with van der Waals surface area (Å²) in [5.41, 5.74) is -0.287. The summed E-state index contributed by atoms with van der Waals surface area (Å²) in [4.78, 5) is 52.2. The Morgan fingerprint density at radius 1 is 1.12 bits per heavy atom. The van der Waals surface area contributed by atoms with E-state index in [2.05, 4.69) is 10.3 Å². The molecule has 2 aromatic rings. The molecule has 1 aliphatic rings. The number of aromatic nitrogens is 2. The molecule has 1 saturated heterocycles. The number of rotatable bonds is 14. The Morgan fingerprint density at radius 2 is 1.85 bits per heavy atom. The van der Waals surface area contributed by atoms with Gasteiger partial charge in [-0.15, -0.1) is 0 Å². The van der Waals surface area contributed by atoms with Crippen LogP contribution in [0.4, 0.5) is 19.4 Å². The fourth-order valence-corrected chi connectivity index (χ4v) is 4.07. The lowest BCUT2D eigenvalue weighted by Crippen LogP contribution is -2.44. The number of amides is 1. The van der Waals surface area contributed by atoms with Crippen LogP contribution in [-0.2, 0) is 30.2 Å². The zero-order valence-electron chi connectivity index (χ0n) is 22.1. The zero-order valence-corrected chi connectivity index (χ0v) is 22.1. The number of unbranched alkanes of at least 4 members (excludes halogenated alkanes) is 2. The predicted molar refractivity (Wildman–Crippen MR) is 138 cm³/mol. The van der Waals surface area contributed by atoms with Gasteiger partial charge in [-0.1, -0.05) is 43.7 Å². The Balaban J connectivity index is 1.54. The molecular weight excluding hydrogens is 532 g/mol. The largest absolute Gasteiger partial charge is 0.453 e. The molecule has 1 aromatic heterocycles. The van der Waals surface area contributed by atoms with Gasteiger partial charge in [-0.3, -0.25) is 19.5 Å². The monoisotopic (exact) mass is 565 g/mol. The molecule has 0 unspecified atom stereocenters. The third kappa shape index (κ3) is 8.39. The SMILES string of the molecule is CCCCOC(=O)Nc1ccn([C@@H]2O[C@H](CO)[C@@H](OC(=O)CCCCC(=O)Cc3ccccc3)C2(F)F)c(=O)n1. The quantitative estimate of drug-likeness (QED) is 0.260. The molecule has 0 saturated carbocycles. The van der Waals surface area contributed by atoms with Crippen molar-refractivity contribution in [3.8, 4) is 0 Å². The van der Waals surface area contributed by atoms with Crippen molar-refractivity contribution in [1.29, 1.82) is 0 Å². The molecule has 0 aliphatic carbocycles. The maximum atomic E-state index is 15.3. The van der Waals surface area contributed by atoms with E-state index in [4.69, 9.17) is 14.2 Å². The van der Waals surface area contributed by atoms with Gasteiger partial charge in [0.25, 0.3) is 0 Å². The Bertz CT molecular complexity index is 1210. The first-order valence-electron chi connectivity index (χ1n) is 13.1. The number of esters is 1. The van der Waals surface area contributed by atoms with Gasteiger partial charge in [-0.2, -0.15) is 13.8 Å². The van der Waals surface area contributed by atoms with Crippen molar-refractivity contribution in [3.63, 3.8) is 0 Å². The topological polar surface area (TPSA) is 146 Å². The molecule has 218 valence electrons. The van der Waals surface area contributed by atoms with Gasteiger partial charge in [-0.25, -0.2) is 9.59 Å². The summed E-state index contributed by atoms with van der Waals surface area (Å²) in [6.07, 6.45) is -3.55. The number of aliphatic hydroxyl groups excluding tert-OH is 1. The number of ketones is 1. The number of ether oxygens (including phenoxy) is 3. The van der Waals surface area contributed by atoms with E-state index < -0.39 is 48.7 Å². The summed E-state index contributed by atoms with van der Waals surface area (Å²) in [6, 6.07) is 10.3. The molecule has 2 heterocycles. The lowest BCUT2D eigenvalue weighted by atomic mass is 10.0. The number of halogens is 2. The highest BCUT2D eigenvalue weighted by Crippen LogP contribution is 2.44. The fraction of sp³-hybridized carbons (Fsp3) is 0.519. The number of hydrogen-bond donors (Lipinski definition) is 2. The van der Waals surface area contributed by atoms with Gasteiger partial charge in [0.1, 0.15) is 17.7 Å². The molecule has 0 bridgehead atoms. The van der Waals surface area contributed by atoms with Crippen molar-refractivity contribution in [2.45, 2.75) is 76.2 Å². The lowest BCUT2D eigenvalue weighted by Gasteiger charge is -2.24. The number of nitrogens with zero attached hydrogens (tertiary/aromatic N) is 2. The zero-order chi connectivity index (χ0) is 29.1. The summed E-state index contributed by atoms with van der Waals surface area (Å²) in [7, 11) is 0. The van der Waals surface area contributed by atoms with Crippen LogP contribution >= 0.6 is 0 Å². The van der Waals surface area contributed by atoms with Gasteiger partial charge >= 0.3 is 23.7 Å². The highest BCUT2D eigenvalue weighted by Gasteiger charge is 2.62. The molecule has 1 amide bonds. The third-order valence-electron chi connectivity index (χ3n) is 6.16. The van der Waals surface area contributed by atoms with Crippen LogP contribution in [0.15, 0.2) is 47.4 Å². The highest BCUT2D eigenvalue weighted by molar-refractivity contribution is 5.83. The molecule has 0 spiro atoms. The van der Waals surface area contributed by atoms with Crippen molar-refractivity contribution in [3.05, 3.63) is 58.6 Å². The molecule has 1 aromatic carbocycles. The average Bonchev–Trinajstić information content (AvgIpc) is 3.16. The van der Waals surface area contributed by atoms with E-state index in [0.717, 1.165) is 24.2 Å². The number of carbonyl (C=O) groups excluding carboxylic acids is 3. The lowest BCUT2D eigenvalue weighted by molar-refractivity contribution is -0.176. The normalized spacial score (nSPS) is 19.6. The Labute approximate surface area is 229 Å². The number of alkyl halides is 2. The minimum Gasteiger partial charge on any atom is -0.453 e. The van der Waals surface area contributed by atoms with Gasteiger partial charge in [0, 0.05) is 25.5 Å². The van der Waals surface area contributed by atoms with Crippen molar-refractivity contribution >= 4 is 23.7 Å². The number of Topliss-reactive ketones (excluding diaryl/α,β-unsaturated/α-hetero) is 1. The van der Waals surface area contributed by atoms with Crippen LogP contribution in [0, 0.1) is 0 Å². The number of nitrogens with one attached hydrogen (secondary N) is 1. The summed E-state index contributed by atoms with van der Waals surface area (Å²) in [5, 5.41) is 11.8. The first-order chi connectivity index (χ1) is 19.1. The van der Waals surface area contributed by atoms with E-state index in [1.807, 2.05) is 37.3 Å². The second kappa shape index (κ2) is 14.6. The van der Waals surface area contributed by atoms with Crippen molar-refractivity contribution in [2.75, 3.05) is 18.5 Å². The highest BCUT2D eigenvalue weighted by atomic mass is 19.3. The summed E-state index contributed by atoms with van der Waals surface area (Å²) in [6.45, 7) is 1.18. The standard InChI is InChI=1S/C27H33F2N3O8/c1-2-3-15-38-26(37)31-21-13-14-32(25(36)30-21)24-27(28,29)23(20(17-33)39-24)40-22(35)12-8-7-11-19(34)16-18-9-5-4-6-10-18/h4-6,9-10,13-14,20,23-24,33H,2-3,7-8,11-12,15-17H2,1H3,(H,30,31,36,37)/t20-,23-,24-/m1/s1. The van der Waals surface area contributed by atoms with Crippen LogP contribution in [0.1, 0.15) is 57.2 Å². The molecule has 40 heavy (non-hydrogen) atoms. The molecule has 3 rings (SSSR count). The molecule has 1 aliphatic heterocycles. The number of carbonyl (C=O) groups is 3. The van der Waals surface area contributed by atoms with E-state index in [-0.39, 0.29) is 43.9 Å². The number of anilines is 1. The van der Waals surface area contributed by atoms with Gasteiger partial charge in [-0.05, 0) is 30.9 Å². The van der Waals surface area contributed by atoms with Crippen molar-refractivity contribution in [2.24, 2.45) is 0 Å². The summed E-state index contributed by atoms with van der Waals surface area (Å²) in [5.74, 6) is -5.07. The van der Waals surface area contributed by atoms with E-state index in [1.165, 1.54) is 0 Å². The van der Waals surface area contributed by atoms with Crippen molar-refractivity contribution < 1.29 is 42.5 Å². The smallest absolute Gasteiger partial charge is 0.412 e. The number of benzene rings is 1. The summed E-state index contributed by atoms with van der Waals surface area (Å²) >= 11 is 0. The third-order valence-corrected chi connectivity index (χ3v) is 6.16. The van der Waals surface area contributed by atoms with E-state index in [1.54, 1.807) is 0 Å². The molecule has 13 heteroatoms. The van der Waals surface area contributed by atoms with E-state index in [9.17, 15) is 24.3 Å². The maximum absolute atomic E-state index is 15.3. The Kier molecular flexibility index (Phi) is 11.3. The van der Waals surface area contributed by atoms with Crippen LogP contribution in [0.3, 0.4) is 0 Å². The van der Waals surface area contributed by atoms with E-state index >= 15 is 8.78 Å². The van der Waals surface area contributed by atoms with E-state index in [0.29, 0.717) is 17.4 Å². The van der Waals surface area contributed by atoms with Crippen LogP contribution in [0.2, 0.25) is 0 Å². The van der Waals surface area contributed by atoms with Crippen LogP contribution in [0.25, 0.3) is 0 Å². The second-order valence-electron chi connectivity index (χ2n) is 9.32. The van der Waals surface area contributed by atoms with Gasteiger partial charge < -0.3 is 19.3 Å².